The number of nitrogens with one attached hydrogen (secondary N) is 1. The minimum Gasteiger partial charge on any atom is -0.497 e. The number of aromatic amines is 1. The number of Topliss-reactive ketones (excluding diaryl/α,β-unsaturated/α-hetero) is 1. The number of hydrogen-bond donors (Lipinski definition) is 1. The van der Waals surface area contributed by atoms with Gasteiger partial charge in [0.15, 0.2) is 5.78 Å². The van der Waals surface area contributed by atoms with E-state index in [2.05, 4.69) is 35.0 Å². The quantitative estimate of drug-likeness (QED) is 0.702. The van der Waals surface area contributed by atoms with Crippen molar-refractivity contribution in [3.8, 4) is 11.5 Å². The smallest absolute Gasteiger partial charge is 0.170 e. The molecule has 1 atom stereocenters. The zero-order chi connectivity index (χ0) is 20.1. The van der Waals surface area contributed by atoms with Crippen LogP contribution in [0.2, 0.25) is 0 Å². The molecule has 0 amide bonds. The van der Waals surface area contributed by atoms with Gasteiger partial charge in [0.1, 0.15) is 11.5 Å². The largest absolute Gasteiger partial charge is 0.497 e. The number of likely N-dealkylation sites (tertiary alicyclic amines) is 1. The van der Waals surface area contributed by atoms with Crippen LogP contribution >= 0.6 is 0 Å². The Balaban J connectivity index is 1.66. The van der Waals surface area contributed by atoms with Crippen LogP contribution < -0.4 is 9.47 Å². The zero-order valence-electron chi connectivity index (χ0n) is 17.3. The number of carbonyl (C=O) groups is 1. The molecule has 1 aromatic carbocycles. The molecular formula is C22H31N3O3. The van der Waals surface area contributed by atoms with Crippen molar-refractivity contribution in [2.45, 2.75) is 39.7 Å². The Bertz CT molecular complexity index is 800. The normalized spacial score (nSPS) is 17.7. The van der Waals surface area contributed by atoms with Crippen LogP contribution in [-0.4, -0.2) is 48.2 Å². The van der Waals surface area contributed by atoms with Gasteiger partial charge in [-0.3, -0.25) is 14.8 Å². The molecule has 0 bridgehead atoms. The van der Waals surface area contributed by atoms with E-state index in [1.807, 2.05) is 12.1 Å². The molecule has 1 unspecified atom stereocenters. The Morgan fingerprint density at radius 2 is 2.11 bits per heavy atom. The molecule has 1 aliphatic heterocycles. The van der Waals surface area contributed by atoms with Gasteiger partial charge in [-0.25, -0.2) is 0 Å². The fourth-order valence-corrected chi connectivity index (χ4v) is 3.89. The fraction of sp³-hybridized carbons (Fsp3) is 0.545. The third-order valence-electron chi connectivity index (χ3n) is 5.25. The monoisotopic (exact) mass is 385 g/mol. The third kappa shape index (κ3) is 4.93. The van der Waals surface area contributed by atoms with Crippen LogP contribution in [0.1, 0.15) is 48.4 Å². The molecule has 6 heteroatoms. The van der Waals surface area contributed by atoms with Crippen LogP contribution in [0.5, 0.6) is 11.5 Å². The van der Waals surface area contributed by atoms with Gasteiger partial charge in [0.25, 0.3) is 0 Å². The lowest BCUT2D eigenvalue weighted by Crippen LogP contribution is -2.38. The van der Waals surface area contributed by atoms with Gasteiger partial charge >= 0.3 is 0 Å². The minimum atomic E-state index is -0.0194. The highest BCUT2D eigenvalue weighted by Crippen LogP contribution is 2.29. The molecule has 0 saturated carbocycles. The SMILES string of the molecule is COc1ccc(C(=O)C2CCCN(Cc3cc(CC(C)C)n[nH]3)C2)c(OC)c1. The summed E-state index contributed by atoms with van der Waals surface area (Å²) in [6.07, 6.45) is 2.91. The number of benzene rings is 1. The Morgan fingerprint density at radius 1 is 1.29 bits per heavy atom. The van der Waals surface area contributed by atoms with E-state index in [-0.39, 0.29) is 11.7 Å². The van der Waals surface area contributed by atoms with E-state index < -0.39 is 0 Å². The Morgan fingerprint density at radius 3 is 2.82 bits per heavy atom. The maximum absolute atomic E-state index is 13.1. The highest BCUT2D eigenvalue weighted by molar-refractivity contribution is 6.00. The van der Waals surface area contributed by atoms with Crippen molar-refractivity contribution in [1.82, 2.24) is 15.1 Å². The van der Waals surface area contributed by atoms with Crippen LogP contribution in [0.15, 0.2) is 24.3 Å². The topological polar surface area (TPSA) is 67.5 Å². The van der Waals surface area contributed by atoms with Gasteiger partial charge in [0.05, 0.1) is 25.5 Å². The minimum absolute atomic E-state index is 0.0194. The van der Waals surface area contributed by atoms with E-state index in [4.69, 9.17) is 9.47 Å². The molecule has 6 nitrogen and oxygen atoms in total. The molecule has 28 heavy (non-hydrogen) atoms. The van der Waals surface area contributed by atoms with E-state index in [9.17, 15) is 4.79 Å². The second kappa shape index (κ2) is 9.24. The summed E-state index contributed by atoms with van der Waals surface area (Å²) in [4.78, 5) is 15.5. The van der Waals surface area contributed by atoms with Crippen molar-refractivity contribution in [2.24, 2.45) is 11.8 Å². The Labute approximate surface area is 167 Å². The summed E-state index contributed by atoms with van der Waals surface area (Å²) < 4.78 is 10.7. The lowest BCUT2D eigenvalue weighted by molar-refractivity contribution is 0.0807. The molecule has 1 fully saturated rings. The number of nitrogens with zero attached hydrogens (tertiary/aromatic N) is 2. The van der Waals surface area contributed by atoms with Gasteiger partial charge in [-0.2, -0.15) is 5.10 Å². The zero-order valence-corrected chi connectivity index (χ0v) is 17.3. The summed E-state index contributed by atoms with van der Waals surface area (Å²) in [6.45, 7) is 6.95. The number of ketones is 1. The molecule has 2 aromatic rings. The third-order valence-corrected chi connectivity index (χ3v) is 5.25. The summed E-state index contributed by atoms with van der Waals surface area (Å²) >= 11 is 0. The van der Waals surface area contributed by atoms with Gasteiger partial charge in [0, 0.05) is 30.8 Å². The van der Waals surface area contributed by atoms with Crippen LogP contribution in [-0.2, 0) is 13.0 Å². The van der Waals surface area contributed by atoms with Crippen molar-refractivity contribution in [3.63, 3.8) is 0 Å². The lowest BCUT2D eigenvalue weighted by atomic mass is 9.89. The number of hydrogen-bond acceptors (Lipinski definition) is 5. The molecular weight excluding hydrogens is 354 g/mol. The molecule has 0 aliphatic carbocycles. The van der Waals surface area contributed by atoms with Crippen molar-refractivity contribution < 1.29 is 14.3 Å². The highest BCUT2D eigenvalue weighted by Gasteiger charge is 2.28. The second-order valence-corrected chi connectivity index (χ2v) is 7.99. The summed E-state index contributed by atoms with van der Waals surface area (Å²) in [5.41, 5.74) is 2.86. The predicted molar refractivity (Wildman–Crippen MR) is 109 cm³/mol. The van der Waals surface area contributed by atoms with Gasteiger partial charge < -0.3 is 9.47 Å². The molecule has 1 aliphatic rings. The van der Waals surface area contributed by atoms with E-state index in [1.54, 1.807) is 20.3 Å². The van der Waals surface area contributed by atoms with Crippen LogP contribution in [0, 0.1) is 11.8 Å². The van der Waals surface area contributed by atoms with E-state index >= 15 is 0 Å². The number of methoxy groups -OCH3 is 2. The predicted octanol–water partition coefficient (Wildman–Crippen LogP) is 3.72. The molecule has 0 spiro atoms. The molecule has 1 aromatic heterocycles. The average Bonchev–Trinajstić information content (AvgIpc) is 3.13. The van der Waals surface area contributed by atoms with Crippen molar-refractivity contribution in [1.29, 1.82) is 0 Å². The van der Waals surface area contributed by atoms with Crippen LogP contribution in [0.3, 0.4) is 0 Å². The summed E-state index contributed by atoms with van der Waals surface area (Å²) in [5, 5.41) is 7.57. The first kappa shape index (κ1) is 20.4. The number of rotatable bonds is 8. The molecule has 3 rings (SSSR count). The first-order chi connectivity index (χ1) is 13.5. The van der Waals surface area contributed by atoms with E-state index in [0.717, 1.165) is 50.3 Å². The fourth-order valence-electron chi connectivity index (χ4n) is 3.89. The van der Waals surface area contributed by atoms with Gasteiger partial charge in [-0.15, -0.1) is 0 Å². The van der Waals surface area contributed by atoms with Gasteiger partial charge in [-0.1, -0.05) is 13.8 Å². The molecule has 2 heterocycles. The number of H-pyrrole nitrogens is 1. The lowest BCUT2D eigenvalue weighted by Gasteiger charge is -2.31. The van der Waals surface area contributed by atoms with Gasteiger partial charge in [0.2, 0.25) is 0 Å². The summed E-state index contributed by atoms with van der Waals surface area (Å²) in [6, 6.07) is 7.55. The van der Waals surface area contributed by atoms with Crippen LogP contribution in [0.4, 0.5) is 0 Å². The Hall–Kier alpha value is -2.34. The molecule has 1 saturated heterocycles. The summed E-state index contributed by atoms with van der Waals surface area (Å²) in [5.74, 6) is 1.99. The Kier molecular flexibility index (Phi) is 6.73. The molecule has 1 N–H and O–H groups in total. The maximum Gasteiger partial charge on any atom is 0.170 e. The second-order valence-electron chi connectivity index (χ2n) is 7.99. The number of carbonyl (C=O) groups excluding carboxylic acids is 1. The maximum atomic E-state index is 13.1. The van der Waals surface area contributed by atoms with E-state index in [1.165, 1.54) is 0 Å². The molecule has 0 radical (unpaired) electrons. The summed E-state index contributed by atoms with van der Waals surface area (Å²) in [7, 11) is 3.20. The van der Waals surface area contributed by atoms with Crippen LogP contribution in [0.25, 0.3) is 0 Å². The van der Waals surface area contributed by atoms with Crippen molar-refractivity contribution in [3.05, 3.63) is 41.2 Å². The number of aromatic nitrogens is 2. The number of piperidine rings is 1. The van der Waals surface area contributed by atoms with Crippen molar-refractivity contribution in [2.75, 3.05) is 27.3 Å². The molecule has 152 valence electrons. The van der Waals surface area contributed by atoms with Crippen molar-refractivity contribution >= 4 is 5.78 Å². The van der Waals surface area contributed by atoms with E-state index in [0.29, 0.717) is 23.0 Å². The standard InChI is InChI=1S/C22H31N3O3/c1-15(2)10-17-11-18(24-23-17)14-25-9-5-6-16(13-25)22(26)20-8-7-19(27-3)12-21(20)28-4/h7-8,11-12,15-16H,5-6,9-10,13-14H2,1-4H3,(H,23,24). The highest BCUT2D eigenvalue weighted by atomic mass is 16.5. The average molecular weight is 386 g/mol. The first-order valence-corrected chi connectivity index (χ1v) is 10.0. The van der Waals surface area contributed by atoms with Gasteiger partial charge in [-0.05, 0) is 49.9 Å². The number of ether oxygens (including phenoxy) is 2. The first-order valence-electron chi connectivity index (χ1n) is 10.0.